The fraction of sp³-hybridized carbons (Fsp3) is 0.400. The van der Waals surface area contributed by atoms with Crippen molar-refractivity contribution in [1.82, 2.24) is 15.3 Å². The summed E-state index contributed by atoms with van der Waals surface area (Å²) in [7, 11) is 0. The third-order valence-electron chi connectivity index (χ3n) is 3.71. The van der Waals surface area contributed by atoms with Crippen LogP contribution >= 0.6 is 0 Å². The molecule has 0 radical (unpaired) electrons. The molecule has 1 aromatic heterocycles. The maximum atomic E-state index is 4.76. The number of aryl methyl sites for hydroxylation is 2. The molecule has 1 aliphatic heterocycles. The van der Waals surface area contributed by atoms with Gasteiger partial charge in [-0.05, 0) is 18.9 Å². The van der Waals surface area contributed by atoms with Crippen molar-refractivity contribution >= 4 is 0 Å². The summed E-state index contributed by atoms with van der Waals surface area (Å²) in [4.78, 5) is 8.18. The summed E-state index contributed by atoms with van der Waals surface area (Å²) in [6.07, 6.45) is 1.08. The molecule has 0 atom stereocenters. The first-order valence-electron chi connectivity index (χ1n) is 6.64. The van der Waals surface area contributed by atoms with E-state index < -0.39 is 0 Å². The normalized spacial score (nSPS) is 15.7. The van der Waals surface area contributed by atoms with Gasteiger partial charge in [0.15, 0.2) is 0 Å². The molecule has 2 aromatic rings. The zero-order chi connectivity index (χ0) is 12.5. The smallest absolute Gasteiger partial charge is 0.112 e. The lowest BCUT2D eigenvalue weighted by atomic mass is 10.0. The molecule has 94 valence electrons. The van der Waals surface area contributed by atoms with Gasteiger partial charge in [-0.3, -0.25) is 0 Å². The SMILES string of the molecule is CCc1ccc(-c2nc(C3CNC3)[nH]c2C)cc1. The molecule has 0 saturated carbocycles. The second-order valence-electron chi connectivity index (χ2n) is 5.00. The van der Waals surface area contributed by atoms with Crippen molar-refractivity contribution in [3.63, 3.8) is 0 Å². The number of rotatable bonds is 3. The third-order valence-corrected chi connectivity index (χ3v) is 3.71. The highest BCUT2D eigenvalue weighted by Crippen LogP contribution is 2.25. The Morgan fingerprint density at radius 1 is 1.22 bits per heavy atom. The van der Waals surface area contributed by atoms with Crippen molar-refractivity contribution in [2.24, 2.45) is 0 Å². The summed E-state index contributed by atoms with van der Waals surface area (Å²) in [5.74, 6) is 1.69. The van der Waals surface area contributed by atoms with Crippen LogP contribution in [0.5, 0.6) is 0 Å². The van der Waals surface area contributed by atoms with E-state index in [2.05, 4.69) is 48.4 Å². The van der Waals surface area contributed by atoms with Gasteiger partial charge in [0, 0.05) is 30.3 Å². The Bertz CT molecular complexity index is 535. The van der Waals surface area contributed by atoms with E-state index in [1.54, 1.807) is 0 Å². The lowest BCUT2D eigenvalue weighted by Crippen LogP contribution is -2.40. The maximum absolute atomic E-state index is 4.76. The van der Waals surface area contributed by atoms with E-state index in [9.17, 15) is 0 Å². The number of nitrogens with one attached hydrogen (secondary N) is 2. The standard InChI is InChI=1S/C15H19N3/c1-3-11-4-6-12(7-5-11)14-10(2)17-15(18-14)13-8-16-9-13/h4-7,13,16H,3,8-9H2,1-2H3,(H,17,18). The van der Waals surface area contributed by atoms with Crippen molar-refractivity contribution in [2.45, 2.75) is 26.2 Å². The minimum atomic E-state index is 0.562. The molecule has 0 amide bonds. The number of hydrogen-bond acceptors (Lipinski definition) is 2. The van der Waals surface area contributed by atoms with Gasteiger partial charge in [-0.1, -0.05) is 31.2 Å². The van der Waals surface area contributed by atoms with Crippen LogP contribution in [0, 0.1) is 6.92 Å². The number of nitrogens with zero attached hydrogens (tertiary/aromatic N) is 1. The van der Waals surface area contributed by atoms with E-state index in [4.69, 9.17) is 4.98 Å². The van der Waals surface area contributed by atoms with E-state index in [-0.39, 0.29) is 0 Å². The van der Waals surface area contributed by atoms with Gasteiger partial charge in [0.1, 0.15) is 5.82 Å². The quantitative estimate of drug-likeness (QED) is 0.867. The van der Waals surface area contributed by atoms with E-state index in [0.29, 0.717) is 5.92 Å². The Balaban J connectivity index is 1.92. The van der Waals surface area contributed by atoms with Gasteiger partial charge in [-0.25, -0.2) is 4.98 Å². The van der Waals surface area contributed by atoms with Crippen LogP contribution in [0.15, 0.2) is 24.3 Å². The molecular weight excluding hydrogens is 222 g/mol. The molecule has 0 bridgehead atoms. The van der Waals surface area contributed by atoms with Gasteiger partial charge >= 0.3 is 0 Å². The Kier molecular flexibility index (Phi) is 2.92. The molecule has 0 unspecified atom stereocenters. The van der Waals surface area contributed by atoms with Gasteiger partial charge < -0.3 is 10.3 Å². The van der Waals surface area contributed by atoms with Crippen LogP contribution in [0.4, 0.5) is 0 Å². The lowest BCUT2D eigenvalue weighted by Gasteiger charge is -2.24. The van der Waals surface area contributed by atoms with Crippen molar-refractivity contribution in [3.8, 4) is 11.3 Å². The zero-order valence-corrected chi connectivity index (χ0v) is 11.0. The van der Waals surface area contributed by atoms with Crippen LogP contribution < -0.4 is 5.32 Å². The number of benzene rings is 1. The van der Waals surface area contributed by atoms with Gasteiger partial charge in [0.25, 0.3) is 0 Å². The minimum absolute atomic E-state index is 0.562. The summed E-state index contributed by atoms with van der Waals surface area (Å²) in [5, 5.41) is 3.28. The molecule has 0 aliphatic carbocycles. The molecule has 1 fully saturated rings. The summed E-state index contributed by atoms with van der Waals surface area (Å²) < 4.78 is 0. The number of imidazole rings is 1. The number of H-pyrrole nitrogens is 1. The van der Waals surface area contributed by atoms with Crippen molar-refractivity contribution in [1.29, 1.82) is 0 Å². The maximum Gasteiger partial charge on any atom is 0.112 e. The largest absolute Gasteiger partial charge is 0.345 e. The second kappa shape index (κ2) is 4.58. The van der Waals surface area contributed by atoms with Crippen LogP contribution in [0.3, 0.4) is 0 Å². The summed E-state index contributed by atoms with van der Waals surface area (Å²) in [6, 6.07) is 8.72. The van der Waals surface area contributed by atoms with Gasteiger partial charge in [0.05, 0.1) is 5.69 Å². The number of aromatic nitrogens is 2. The number of aromatic amines is 1. The molecule has 1 aliphatic rings. The van der Waals surface area contributed by atoms with Crippen LogP contribution in [-0.4, -0.2) is 23.1 Å². The topological polar surface area (TPSA) is 40.7 Å². The molecule has 0 spiro atoms. The Morgan fingerprint density at radius 3 is 2.50 bits per heavy atom. The highest BCUT2D eigenvalue weighted by molar-refractivity contribution is 5.62. The Labute approximate surface area is 108 Å². The van der Waals surface area contributed by atoms with Crippen LogP contribution in [-0.2, 0) is 6.42 Å². The summed E-state index contributed by atoms with van der Waals surface area (Å²) in [6.45, 7) is 6.37. The highest BCUT2D eigenvalue weighted by atomic mass is 15.0. The molecule has 18 heavy (non-hydrogen) atoms. The predicted molar refractivity (Wildman–Crippen MR) is 73.7 cm³/mol. The molecule has 1 aromatic carbocycles. The highest BCUT2D eigenvalue weighted by Gasteiger charge is 2.23. The van der Waals surface area contributed by atoms with E-state index >= 15 is 0 Å². The molecule has 2 heterocycles. The monoisotopic (exact) mass is 241 g/mol. The van der Waals surface area contributed by atoms with Gasteiger partial charge in [0.2, 0.25) is 0 Å². The molecule has 2 N–H and O–H groups in total. The minimum Gasteiger partial charge on any atom is -0.345 e. The molecule has 3 nitrogen and oxygen atoms in total. The fourth-order valence-corrected chi connectivity index (χ4v) is 2.34. The van der Waals surface area contributed by atoms with Crippen molar-refractivity contribution in [2.75, 3.05) is 13.1 Å². The average Bonchev–Trinajstić information content (AvgIpc) is 2.69. The summed E-state index contributed by atoms with van der Waals surface area (Å²) >= 11 is 0. The number of hydrogen-bond donors (Lipinski definition) is 2. The first kappa shape index (κ1) is 11.5. The van der Waals surface area contributed by atoms with Crippen LogP contribution in [0.1, 0.15) is 29.9 Å². The van der Waals surface area contributed by atoms with Crippen LogP contribution in [0.2, 0.25) is 0 Å². The summed E-state index contributed by atoms with van der Waals surface area (Å²) in [5.41, 5.74) is 4.84. The average molecular weight is 241 g/mol. The Hall–Kier alpha value is -1.61. The predicted octanol–water partition coefficient (Wildman–Crippen LogP) is 2.63. The first-order valence-corrected chi connectivity index (χ1v) is 6.64. The zero-order valence-electron chi connectivity index (χ0n) is 11.0. The van der Waals surface area contributed by atoms with E-state index in [0.717, 1.165) is 31.0 Å². The van der Waals surface area contributed by atoms with E-state index in [1.165, 1.54) is 16.8 Å². The Morgan fingerprint density at radius 2 is 1.94 bits per heavy atom. The molecule has 1 saturated heterocycles. The van der Waals surface area contributed by atoms with Crippen molar-refractivity contribution in [3.05, 3.63) is 41.3 Å². The lowest BCUT2D eigenvalue weighted by molar-refractivity contribution is 0.432. The van der Waals surface area contributed by atoms with Crippen molar-refractivity contribution < 1.29 is 0 Å². The first-order chi connectivity index (χ1) is 8.78. The molecular formula is C15H19N3. The second-order valence-corrected chi connectivity index (χ2v) is 5.00. The van der Waals surface area contributed by atoms with E-state index in [1.807, 2.05) is 0 Å². The molecule has 3 heteroatoms. The van der Waals surface area contributed by atoms with Gasteiger partial charge in [-0.15, -0.1) is 0 Å². The third kappa shape index (κ3) is 1.95. The van der Waals surface area contributed by atoms with Crippen LogP contribution in [0.25, 0.3) is 11.3 Å². The molecule has 3 rings (SSSR count). The van der Waals surface area contributed by atoms with Gasteiger partial charge in [-0.2, -0.15) is 0 Å². The fourth-order valence-electron chi connectivity index (χ4n) is 2.34.